The van der Waals surface area contributed by atoms with Gasteiger partial charge in [0, 0.05) is 6.42 Å². The number of carbonyl (C=O) groups is 5. The van der Waals surface area contributed by atoms with Gasteiger partial charge in [-0.3, -0.25) is 19.2 Å². The Bertz CT molecular complexity index is 566. The van der Waals surface area contributed by atoms with Crippen LogP contribution < -0.4 is 21.7 Å². The molecule has 8 N–H and O–H groups in total. The standard InChI is InChI=1S/C15H26N4O8/c1-7(2)12(19-13(24)8(16)6-20)14(25)17-5-10(21)18-9(15(26)27)3-4-11(22)23/h7-9,12,20H,3-6,16H2,1-2H3,(H,17,25)(H,18,21)(H,19,24)(H,22,23)(H,26,27). The van der Waals surface area contributed by atoms with E-state index in [4.69, 9.17) is 21.1 Å². The van der Waals surface area contributed by atoms with E-state index in [0.29, 0.717) is 0 Å². The predicted molar refractivity (Wildman–Crippen MR) is 91.3 cm³/mol. The molecule has 0 aliphatic heterocycles. The molecule has 0 bridgehead atoms. The SMILES string of the molecule is CC(C)C(NC(=O)C(N)CO)C(=O)NCC(=O)NC(CCC(=O)O)C(=O)O. The van der Waals surface area contributed by atoms with E-state index in [1.807, 2.05) is 0 Å². The predicted octanol–water partition coefficient (Wildman–Crippen LogP) is -3.00. The summed E-state index contributed by atoms with van der Waals surface area (Å²) in [6, 6.07) is -3.63. The van der Waals surface area contributed by atoms with Crippen LogP contribution in [0, 0.1) is 5.92 Å². The number of carboxylic acid groups (broad SMARTS) is 2. The van der Waals surface area contributed by atoms with Gasteiger partial charge < -0.3 is 37.0 Å². The van der Waals surface area contributed by atoms with Crippen molar-refractivity contribution >= 4 is 29.7 Å². The summed E-state index contributed by atoms with van der Waals surface area (Å²) >= 11 is 0. The van der Waals surface area contributed by atoms with Crippen LogP contribution in [0.25, 0.3) is 0 Å². The number of amides is 3. The quantitative estimate of drug-likeness (QED) is 0.181. The van der Waals surface area contributed by atoms with Gasteiger partial charge in [0.1, 0.15) is 18.1 Å². The second kappa shape index (κ2) is 11.8. The van der Waals surface area contributed by atoms with E-state index in [-0.39, 0.29) is 12.3 Å². The fourth-order valence-electron chi connectivity index (χ4n) is 1.93. The lowest BCUT2D eigenvalue weighted by Crippen LogP contribution is -2.55. The van der Waals surface area contributed by atoms with Crippen LogP contribution in [0.3, 0.4) is 0 Å². The van der Waals surface area contributed by atoms with Gasteiger partial charge >= 0.3 is 11.9 Å². The van der Waals surface area contributed by atoms with Crippen molar-refractivity contribution in [2.24, 2.45) is 11.7 Å². The van der Waals surface area contributed by atoms with Crippen molar-refractivity contribution in [1.29, 1.82) is 0 Å². The molecule has 0 fully saturated rings. The van der Waals surface area contributed by atoms with Gasteiger partial charge in [-0.15, -0.1) is 0 Å². The molecule has 0 aromatic rings. The van der Waals surface area contributed by atoms with Crippen LogP contribution in [0.1, 0.15) is 26.7 Å². The van der Waals surface area contributed by atoms with Crippen molar-refractivity contribution in [3.8, 4) is 0 Å². The maximum Gasteiger partial charge on any atom is 0.326 e. The van der Waals surface area contributed by atoms with Crippen LogP contribution in [0.4, 0.5) is 0 Å². The summed E-state index contributed by atoms with van der Waals surface area (Å²) in [4.78, 5) is 57.2. The van der Waals surface area contributed by atoms with Crippen LogP contribution >= 0.6 is 0 Å². The Hall–Kier alpha value is -2.73. The minimum Gasteiger partial charge on any atom is -0.481 e. The van der Waals surface area contributed by atoms with Crippen LogP contribution in [-0.2, 0) is 24.0 Å². The molecule has 0 heterocycles. The molecule has 0 rings (SSSR count). The zero-order chi connectivity index (χ0) is 21.1. The molecule has 0 saturated carbocycles. The Morgan fingerprint density at radius 2 is 1.59 bits per heavy atom. The third kappa shape index (κ3) is 9.51. The number of nitrogens with one attached hydrogen (secondary N) is 3. The minimum atomic E-state index is -1.41. The molecule has 154 valence electrons. The Labute approximate surface area is 155 Å². The molecule has 0 aliphatic carbocycles. The molecule has 3 unspecified atom stereocenters. The highest BCUT2D eigenvalue weighted by Crippen LogP contribution is 2.02. The largest absolute Gasteiger partial charge is 0.481 e. The van der Waals surface area contributed by atoms with Crippen LogP contribution in [0.5, 0.6) is 0 Å². The number of carboxylic acids is 2. The summed E-state index contributed by atoms with van der Waals surface area (Å²) in [6.45, 7) is 2.11. The number of aliphatic carboxylic acids is 2. The van der Waals surface area contributed by atoms with Crippen molar-refractivity contribution in [2.75, 3.05) is 13.2 Å². The molecule has 0 aromatic carbocycles. The first-order chi connectivity index (χ1) is 12.5. The molecule has 0 spiro atoms. The number of hydrogen-bond donors (Lipinski definition) is 7. The first-order valence-electron chi connectivity index (χ1n) is 8.18. The second-order valence-electron chi connectivity index (χ2n) is 6.13. The molecule has 3 atom stereocenters. The average Bonchev–Trinajstić information content (AvgIpc) is 2.59. The van der Waals surface area contributed by atoms with E-state index >= 15 is 0 Å². The highest BCUT2D eigenvalue weighted by molar-refractivity contribution is 5.92. The van der Waals surface area contributed by atoms with E-state index < -0.39 is 67.4 Å². The fraction of sp³-hybridized carbons (Fsp3) is 0.667. The van der Waals surface area contributed by atoms with Gasteiger partial charge in [-0.25, -0.2) is 4.79 Å². The van der Waals surface area contributed by atoms with Crippen molar-refractivity contribution < 1.29 is 39.3 Å². The molecule has 0 saturated heterocycles. The van der Waals surface area contributed by atoms with Gasteiger partial charge in [0.15, 0.2) is 0 Å². The zero-order valence-electron chi connectivity index (χ0n) is 15.1. The summed E-state index contributed by atoms with van der Waals surface area (Å²) < 4.78 is 0. The molecule has 0 radical (unpaired) electrons. The highest BCUT2D eigenvalue weighted by atomic mass is 16.4. The molecule has 3 amide bonds. The lowest BCUT2D eigenvalue weighted by molar-refractivity contribution is -0.143. The summed E-state index contributed by atoms with van der Waals surface area (Å²) in [5.74, 6) is -5.24. The number of aliphatic hydroxyl groups excluding tert-OH is 1. The van der Waals surface area contributed by atoms with Crippen molar-refractivity contribution in [2.45, 2.75) is 44.8 Å². The molecular formula is C15H26N4O8. The van der Waals surface area contributed by atoms with Gasteiger partial charge in [0.25, 0.3) is 0 Å². The third-order valence-electron chi connectivity index (χ3n) is 3.48. The van der Waals surface area contributed by atoms with E-state index in [0.717, 1.165) is 0 Å². The summed E-state index contributed by atoms with van der Waals surface area (Å²) in [6.07, 6.45) is -0.760. The van der Waals surface area contributed by atoms with Crippen LogP contribution in [0.15, 0.2) is 0 Å². The Kier molecular flexibility index (Phi) is 10.6. The average molecular weight is 390 g/mol. The third-order valence-corrected chi connectivity index (χ3v) is 3.48. The molecule has 0 aliphatic rings. The highest BCUT2D eigenvalue weighted by Gasteiger charge is 2.27. The van der Waals surface area contributed by atoms with Crippen molar-refractivity contribution in [1.82, 2.24) is 16.0 Å². The number of aliphatic hydroxyl groups is 1. The Morgan fingerprint density at radius 3 is 2.04 bits per heavy atom. The Balaban J connectivity index is 4.69. The first-order valence-corrected chi connectivity index (χ1v) is 8.18. The molecular weight excluding hydrogens is 364 g/mol. The van der Waals surface area contributed by atoms with E-state index in [1.165, 1.54) is 0 Å². The lowest BCUT2D eigenvalue weighted by Gasteiger charge is -2.23. The summed E-state index contributed by atoms with van der Waals surface area (Å²) in [5.41, 5.74) is 5.36. The number of carbonyl (C=O) groups excluding carboxylic acids is 3. The maximum absolute atomic E-state index is 12.2. The summed E-state index contributed by atoms with van der Waals surface area (Å²) in [7, 11) is 0. The van der Waals surface area contributed by atoms with Crippen LogP contribution in [-0.4, -0.2) is 76.3 Å². The van der Waals surface area contributed by atoms with Gasteiger partial charge in [-0.2, -0.15) is 0 Å². The van der Waals surface area contributed by atoms with Crippen molar-refractivity contribution in [3.05, 3.63) is 0 Å². The van der Waals surface area contributed by atoms with E-state index in [1.54, 1.807) is 13.8 Å². The molecule has 0 aromatic heterocycles. The van der Waals surface area contributed by atoms with Gasteiger partial charge in [-0.1, -0.05) is 13.8 Å². The smallest absolute Gasteiger partial charge is 0.326 e. The van der Waals surface area contributed by atoms with E-state index in [9.17, 15) is 24.0 Å². The van der Waals surface area contributed by atoms with Crippen LogP contribution in [0.2, 0.25) is 0 Å². The van der Waals surface area contributed by atoms with E-state index in [2.05, 4.69) is 16.0 Å². The fourth-order valence-corrected chi connectivity index (χ4v) is 1.93. The topological polar surface area (TPSA) is 208 Å². The first kappa shape index (κ1) is 24.3. The number of nitrogens with two attached hydrogens (primary N) is 1. The normalized spacial score (nSPS) is 14.0. The Morgan fingerprint density at radius 1 is 1.00 bits per heavy atom. The lowest BCUT2D eigenvalue weighted by atomic mass is 10.0. The molecule has 27 heavy (non-hydrogen) atoms. The number of rotatable bonds is 12. The minimum absolute atomic E-state index is 0.311. The zero-order valence-corrected chi connectivity index (χ0v) is 15.1. The monoisotopic (exact) mass is 390 g/mol. The maximum atomic E-state index is 12.2. The second-order valence-corrected chi connectivity index (χ2v) is 6.13. The summed E-state index contributed by atoms with van der Waals surface area (Å²) in [5, 5.41) is 33.1. The molecule has 12 nitrogen and oxygen atoms in total. The van der Waals surface area contributed by atoms with Gasteiger partial charge in [0.2, 0.25) is 17.7 Å². The van der Waals surface area contributed by atoms with Crippen molar-refractivity contribution in [3.63, 3.8) is 0 Å². The number of hydrogen-bond acceptors (Lipinski definition) is 7. The van der Waals surface area contributed by atoms with Gasteiger partial charge in [-0.05, 0) is 12.3 Å². The molecule has 12 heteroatoms. The van der Waals surface area contributed by atoms with Gasteiger partial charge in [0.05, 0.1) is 13.2 Å².